The molecule has 0 N–H and O–H groups in total. The lowest BCUT2D eigenvalue weighted by Crippen LogP contribution is -2.38. The Balaban J connectivity index is 1.73. The molecule has 186 valence electrons. The van der Waals surface area contributed by atoms with Gasteiger partial charge in [0.2, 0.25) is 11.6 Å². The zero-order valence-electron chi connectivity index (χ0n) is 20.5. The lowest BCUT2D eigenvalue weighted by molar-refractivity contribution is 0.0946. The van der Waals surface area contributed by atoms with Gasteiger partial charge in [0.15, 0.2) is 0 Å². The van der Waals surface area contributed by atoms with Crippen molar-refractivity contribution in [3.05, 3.63) is 120 Å². The highest BCUT2D eigenvalue weighted by Gasteiger charge is 2.40. The fourth-order valence-corrected chi connectivity index (χ4v) is 5.50. The molecule has 8 heteroatoms. The number of carbonyl (C=O) groups excluding carboxylic acids is 1. The smallest absolute Gasteiger partial charge is 0.309 e. The summed E-state index contributed by atoms with van der Waals surface area (Å²) in [6.07, 6.45) is 1.84. The Bertz CT molecular complexity index is 1210. The molecule has 0 saturated carbocycles. The number of benzene rings is 3. The monoisotopic (exact) mass is 503 g/mol. The lowest BCUT2D eigenvalue weighted by Gasteiger charge is -2.35. The van der Waals surface area contributed by atoms with Gasteiger partial charge in [0.05, 0.1) is 13.2 Å². The normalized spacial score (nSPS) is 13.3. The number of hydrogen-bond donors (Lipinski definition) is 0. The van der Waals surface area contributed by atoms with E-state index in [0.717, 1.165) is 16.7 Å². The van der Waals surface area contributed by atoms with Gasteiger partial charge in [-0.3, -0.25) is 9.36 Å². The lowest BCUT2D eigenvalue weighted by atomic mass is 9.77. The molecule has 1 unspecified atom stereocenters. The van der Waals surface area contributed by atoms with Gasteiger partial charge in [0, 0.05) is 12.6 Å². The van der Waals surface area contributed by atoms with Crippen LogP contribution in [0.1, 0.15) is 47.6 Å². The number of carbonyl (C=O) groups is 1. The van der Waals surface area contributed by atoms with E-state index in [1.807, 2.05) is 91.0 Å². The molecule has 0 aliphatic carbocycles. The summed E-state index contributed by atoms with van der Waals surface area (Å²) in [4.78, 5) is 17.4. The second-order valence-corrected chi connectivity index (χ2v) is 10.5. The Morgan fingerprint density at radius 2 is 1.33 bits per heavy atom. The van der Waals surface area contributed by atoms with Gasteiger partial charge in [0.1, 0.15) is 11.9 Å². The molecule has 0 bridgehead atoms. The molecular weight excluding hydrogens is 473 g/mol. The van der Waals surface area contributed by atoms with E-state index in [9.17, 15) is 9.36 Å². The van der Waals surface area contributed by atoms with Gasteiger partial charge in [-0.15, -0.1) is 5.10 Å². The Hall–Kier alpha value is -3.38. The summed E-state index contributed by atoms with van der Waals surface area (Å²) in [7, 11) is -3.19. The zero-order valence-corrected chi connectivity index (χ0v) is 21.4. The van der Waals surface area contributed by atoms with E-state index in [1.165, 1.54) is 0 Å². The summed E-state index contributed by atoms with van der Waals surface area (Å²) in [5.74, 6) is -0.218. The molecule has 0 spiro atoms. The topological polar surface area (TPSA) is 83.3 Å². The number of rotatable bonds is 12. The predicted molar refractivity (Wildman–Crippen MR) is 139 cm³/mol. The molecule has 0 fully saturated rings. The minimum atomic E-state index is -3.19. The van der Waals surface area contributed by atoms with Crippen molar-refractivity contribution in [2.45, 2.75) is 25.8 Å². The molecule has 1 heterocycles. The molecule has 36 heavy (non-hydrogen) atoms. The fourth-order valence-electron chi connectivity index (χ4n) is 4.29. The predicted octanol–water partition coefficient (Wildman–Crippen LogP) is 5.96. The highest BCUT2D eigenvalue weighted by atomic mass is 31.2. The van der Waals surface area contributed by atoms with Gasteiger partial charge < -0.3 is 9.05 Å². The maximum atomic E-state index is 13.0. The first-order valence-corrected chi connectivity index (χ1v) is 13.8. The Kier molecular flexibility index (Phi) is 8.26. The number of aromatic nitrogens is 3. The van der Waals surface area contributed by atoms with E-state index >= 15 is 0 Å². The average molecular weight is 504 g/mol. The maximum Gasteiger partial charge on any atom is 0.330 e. The van der Waals surface area contributed by atoms with Gasteiger partial charge in [-0.25, -0.2) is 9.67 Å². The number of nitrogens with zero attached hydrogens (tertiary/aromatic N) is 3. The van der Waals surface area contributed by atoms with E-state index < -0.39 is 13.1 Å². The highest BCUT2D eigenvalue weighted by molar-refractivity contribution is 7.53. The summed E-state index contributed by atoms with van der Waals surface area (Å²) < 4.78 is 25.0. The van der Waals surface area contributed by atoms with Gasteiger partial charge in [-0.05, 0) is 23.6 Å². The van der Waals surface area contributed by atoms with Crippen LogP contribution in [-0.4, -0.2) is 39.9 Å². The minimum Gasteiger partial charge on any atom is -0.309 e. The Morgan fingerprint density at radius 1 is 0.833 bits per heavy atom. The first kappa shape index (κ1) is 25.7. The zero-order chi connectivity index (χ0) is 25.4. The molecule has 4 aromatic rings. The summed E-state index contributed by atoms with van der Waals surface area (Å²) >= 11 is 0. The average Bonchev–Trinajstić information content (AvgIpc) is 3.42. The van der Waals surface area contributed by atoms with Gasteiger partial charge in [0.25, 0.3) is 0 Å². The van der Waals surface area contributed by atoms with Crippen LogP contribution in [0.15, 0.2) is 97.3 Å². The quantitative estimate of drug-likeness (QED) is 0.135. The van der Waals surface area contributed by atoms with E-state index in [4.69, 9.17) is 9.05 Å². The number of ketones is 1. The van der Waals surface area contributed by atoms with Crippen LogP contribution in [-0.2, 0) is 19.2 Å². The largest absolute Gasteiger partial charge is 0.330 e. The SMILES string of the molecule is CCOP(=O)(CC)OCCC(=O)c1ncn(C(c2ccccc2)(c2ccccc2)c2ccccc2)n1. The van der Waals surface area contributed by atoms with Gasteiger partial charge in [-0.2, -0.15) is 0 Å². The number of hydrogen-bond acceptors (Lipinski definition) is 6. The first-order valence-electron chi connectivity index (χ1n) is 12.0. The molecule has 7 nitrogen and oxygen atoms in total. The molecule has 0 aliphatic rings. The summed E-state index contributed by atoms with van der Waals surface area (Å²) in [5.41, 5.74) is 2.10. The van der Waals surface area contributed by atoms with Crippen molar-refractivity contribution in [1.82, 2.24) is 14.8 Å². The molecule has 0 radical (unpaired) electrons. The van der Waals surface area contributed by atoms with E-state index in [1.54, 1.807) is 24.9 Å². The van der Waals surface area contributed by atoms with Crippen LogP contribution < -0.4 is 0 Å². The summed E-state index contributed by atoms with van der Waals surface area (Å²) in [6, 6.07) is 30.1. The summed E-state index contributed by atoms with van der Waals surface area (Å²) in [6.45, 7) is 3.74. The molecule has 0 amide bonds. The molecule has 3 aromatic carbocycles. The third-order valence-corrected chi connectivity index (χ3v) is 7.99. The third-order valence-electron chi connectivity index (χ3n) is 5.99. The van der Waals surface area contributed by atoms with E-state index in [0.29, 0.717) is 0 Å². The van der Waals surface area contributed by atoms with Gasteiger partial charge >= 0.3 is 7.60 Å². The minimum absolute atomic E-state index is 0.00388. The van der Waals surface area contributed by atoms with Crippen LogP contribution in [0.25, 0.3) is 0 Å². The fraction of sp³-hybridized carbons (Fsp3) is 0.250. The van der Waals surface area contributed by atoms with Crippen LogP contribution in [0.2, 0.25) is 0 Å². The second kappa shape index (κ2) is 11.6. The highest BCUT2D eigenvalue weighted by Crippen LogP contribution is 2.47. The Labute approximate surface area is 211 Å². The molecule has 1 atom stereocenters. The van der Waals surface area contributed by atoms with Crippen molar-refractivity contribution >= 4 is 13.4 Å². The Morgan fingerprint density at radius 3 is 1.78 bits per heavy atom. The van der Waals surface area contributed by atoms with Crippen LogP contribution in [0, 0.1) is 0 Å². The van der Waals surface area contributed by atoms with Crippen molar-refractivity contribution < 1.29 is 18.4 Å². The second-order valence-electron chi connectivity index (χ2n) is 8.17. The molecule has 1 aromatic heterocycles. The molecule has 0 saturated heterocycles. The number of Topliss-reactive ketones (excluding diaryl/α,β-unsaturated/α-hetero) is 1. The van der Waals surface area contributed by atoms with Crippen LogP contribution in [0.4, 0.5) is 0 Å². The molecular formula is C28H30N3O4P. The maximum absolute atomic E-state index is 13.0. The van der Waals surface area contributed by atoms with Crippen molar-refractivity contribution in [2.24, 2.45) is 0 Å². The molecule has 4 rings (SSSR count). The summed E-state index contributed by atoms with van der Waals surface area (Å²) in [5, 5.41) is 4.68. The van der Waals surface area contributed by atoms with E-state index in [2.05, 4.69) is 10.1 Å². The standard InChI is InChI=1S/C28H30N3O4P/c1-3-34-36(33,4-2)35-21-20-26(32)27-29-22-31(30-27)28(23-14-8-5-9-15-23,24-16-10-6-11-17-24)25-18-12-7-13-19-25/h5-19,22H,3-4,20-21H2,1-2H3. The van der Waals surface area contributed by atoms with Crippen molar-refractivity contribution in [3.63, 3.8) is 0 Å². The van der Waals surface area contributed by atoms with Crippen LogP contribution >= 0.6 is 7.60 Å². The van der Waals surface area contributed by atoms with Crippen LogP contribution in [0.5, 0.6) is 0 Å². The van der Waals surface area contributed by atoms with Crippen molar-refractivity contribution in [3.8, 4) is 0 Å². The van der Waals surface area contributed by atoms with Crippen molar-refractivity contribution in [2.75, 3.05) is 19.4 Å². The molecule has 0 aliphatic heterocycles. The van der Waals surface area contributed by atoms with Crippen LogP contribution in [0.3, 0.4) is 0 Å². The van der Waals surface area contributed by atoms with E-state index in [-0.39, 0.29) is 37.4 Å². The van der Waals surface area contributed by atoms with Gasteiger partial charge in [-0.1, -0.05) is 97.9 Å². The first-order chi connectivity index (χ1) is 17.5. The third kappa shape index (κ3) is 5.24. The van der Waals surface area contributed by atoms with Crippen molar-refractivity contribution in [1.29, 1.82) is 0 Å².